The van der Waals surface area contributed by atoms with Crippen LogP contribution in [0.15, 0.2) is 42.5 Å². The first-order valence-corrected chi connectivity index (χ1v) is 5.31. The van der Waals surface area contributed by atoms with Crippen molar-refractivity contribution in [3.8, 4) is 11.6 Å². The summed E-state index contributed by atoms with van der Waals surface area (Å²) >= 11 is 5.63. The number of ether oxygens (including phenoxy) is 1. The Kier molecular flexibility index (Phi) is 3.43. The summed E-state index contributed by atoms with van der Waals surface area (Å²) in [7, 11) is 0. The largest absolute Gasteiger partial charge is 0.438 e. The first-order valence-electron chi connectivity index (χ1n) is 4.93. The third kappa shape index (κ3) is 2.92. The van der Waals surface area contributed by atoms with Gasteiger partial charge < -0.3 is 4.74 Å². The number of para-hydroxylation sites is 1. The van der Waals surface area contributed by atoms with Crippen LogP contribution in [0.4, 0.5) is 13.2 Å². The fourth-order valence-electron chi connectivity index (χ4n) is 1.35. The minimum atomic E-state index is -4.48. The van der Waals surface area contributed by atoms with E-state index >= 15 is 0 Å². The highest BCUT2D eigenvalue weighted by atomic mass is 35.5. The molecule has 0 aliphatic carbocycles. The Bertz CT molecular complexity index is 557. The van der Waals surface area contributed by atoms with Crippen molar-refractivity contribution in [3.63, 3.8) is 0 Å². The van der Waals surface area contributed by atoms with Crippen LogP contribution in [0.25, 0.3) is 0 Å². The van der Waals surface area contributed by atoms with Gasteiger partial charge in [-0.1, -0.05) is 29.8 Å². The normalized spacial score (nSPS) is 11.3. The first-order chi connectivity index (χ1) is 8.47. The van der Waals surface area contributed by atoms with E-state index in [0.717, 1.165) is 6.07 Å². The van der Waals surface area contributed by atoms with Gasteiger partial charge in [0.2, 0.25) is 5.88 Å². The van der Waals surface area contributed by atoms with Crippen LogP contribution in [0.3, 0.4) is 0 Å². The Morgan fingerprint density at radius 2 is 1.72 bits per heavy atom. The van der Waals surface area contributed by atoms with Crippen LogP contribution >= 0.6 is 11.6 Å². The smallest absolute Gasteiger partial charge is 0.419 e. The number of aromatic nitrogens is 1. The molecule has 0 atom stereocenters. The van der Waals surface area contributed by atoms with Crippen molar-refractivity contribution in [2.45, 2.75) is 6.18 Å². The Morgan fingerprint density at radius 1 is 1.00 bits per heavy atom. The number of halogens is 4. The molecule has 1 aromatic carbocycles. The lowest BCUT2D eigenvalue weighted by Gasteiger charge is -2.12. The minimum absolute atomic E-state index is 0.0131. The summed E-state index contributed by atoms with van der Waals surface area (Å²) in [6, 6.07) is 9.39. The van der Waals surface area contributed by atoms with Gasteiger partial charge in [-0.05, 0) is 18.2 Å². The van der Waals surface area contributed by atoms with Gasteiger partial charge >= 0.3 is 6.18 Å². The maximum absolute atomic E-state index is 12.7. The molecule has 0 bridgehead atoms. The van der Waals surface area contributed by atoms with E-state index in [-0.39, 0.29) is 16.8 Å². The molecule has 6 heteroatoms. The molecule has 2 nitrogen and oxygen atoms in total. The summed E-state index contributed by atoms with van der Waals surface area (Å²) in [6.45, 7) is 0. The van der Waals surface area contributed by atoms with Crippen molar-refractivity contribution < 1.29 is 17.9 Å². The number of alkyl halides is 3. The van der Waals surface area contributed by atoms with Gasteiger partial charge in [0.25, 0.3) is 0 Å². The fourth-order valence-corrected chi connectivity index (χ4v) is 1.51. The molecule has 0 amide bonds. The third-order valence-corrected chi connectivity index (χ3v) is 2.31. The number of pyridine rings is 1. The molecule has 0 saturated carbocycles. The van der Waals surface area contributed by atoms with Crippen molar-refractivity contribution >= 4 is 11.6 Å². The monoisotopic (exact) mass is 273 g/mol. The molecule has 2 aromatic rings. The molecule has 94 valence electrons. The molecular formula is C12H7ClF3NO. The Balaban J connectivity index is 2.35. The molecule has 1 heterocycles. The molecule has 0 aliphatic rings. The van der Waals surface area contributed by atoms with E-state index in [1.807, 2.05) is 0 Å². The van der Waals surface area contributed by atoms with Crippen LogP contribution in [0.1, 0.15) is 5.56 Å². The second kappa shape index (κ2) is 4.86. The molecule has 0 saturated heterocycles. The van der Waals surface area contributed by atoms with Gasteiger partial charge in [0.15, 0.2) is 0 Å². The van der Waals surface area contributed by atoms with Crippen LogP contribution in [0, 0.1) is 0 Å². The number of nitrogens with zero attached hydrogens (tertiary/aromatic N) is 1. The topological polar surface area (TPSA) is 22.1 Å². The molecule has 0 unspecified atom stereocenters. The minimum Gasteiger partial charge on any atom is -0.438 e. The van der Waals surface area contributed by atoms with Gasteiger partial charge in [0, 0.05) is 6.07 Å². The van der Waals surface area contributed by atoms with Crippen molar-refractivity contribution in [3.05, 3.63) is 53.2 Å². The lowest BCUT2D eigenvalue weighted by Crippen LogP contribution is -2.07. The van der Waals surface area contributed by atoms with Gasteiger partial charge in [-0.15, -0.1) is 0 Å². The van der Waals surface area contributed by atoms with E-state index in [2.05, 4.69) is 4.98 Å². The molecule has 0 aliphatic heterocycles. The zero-order valence-corrected chi connectivity index (χ0v) is 9.66. The zero-order chi connectivity index (χ0) is 13.2. The molecule has 2 rings (SSSR count). The molecule has 18 heavy (non-hydrogen) atoms. The van der Waals surface area contributed by atoms with Crippen LogP contribution < -0.4 is 4.74 Å². The highest BCUT2D eigenvalue weighted by Gasteiger charge is 2.34. The summed E-state index contributed by atoms with van der Waals surface area (Å²) in [5.74, 6) is -0.293. The predicted octanol–water partition coefficient (Wildman–Crippen LogP) is 4.55. The SMILES string of the molecule is FC(F)(F)c1ccccc1Oc1cccc(Cl)n1. The molecule has 0 N–H and O–H groups in total. The van der Waals surface area contributed by atoms with Gasteiger partial charge in [0.05, 0.1) is 5.56 Å². The molecular weight excluding hydrogens is 267 g/mol. The van der Waals surface area contributed by atoms with Crippen molar-refractivity contribution in [2.75, 3.05) is 0 Å². The predicted molar refractivity (Wildman–Crippen MR) is 60.8 cm³/mol. The number of rotatable bonds is 2. The second-order valence-corrected chi connectivity index (χ2v) is 3.78. The quantitative estimate of drug-likeness (QED) is 0.749. The van der Waals surface area contributed by atoms with E-state index < -0.39 is 11.7 Å². The van der Waals surface area contributed by atoms with Gasteiger partial charge in [-0.3, -0.25) is 0 Å². The van der Waals surface area contributed by atoms with Gasteiger partial charge in [-0.25, -0.2) is 4.98 Å². The summed E-state index contributed by atoms with van der Waals surface area (Å²) in [5, 5.41) is 0.150. The average Bonchev–Trinajstić information content (AvgIpc) is 2.28. The van der Waals surface area contributed by atoms with Gasteiger partial charge in [-0.2, -0.15) is 13.2 Å². The summed E-state index contributed by atoms with van der Waals surface area (Å²) in [5.41, 5.74) is -0.855. The Hall–Kier alpha value is -1.75. The molecule has 0 radical (unpaired) electrons. The maximum Gasteiger partial charge on any atom is 0.419 e. The Labute approximate surface area is 106 Å². The fraction of sp³-hybridized carbons (Fsp3) is 0.0833. The number of hydrogen-bond acceptors (Lipinski definition) is 2. The van der Waals surface area contributed by atoms with Crippen LogP contribution in [0.5, 0.6) is 11.6 Å². The van der Waals surface area contributed by atoms with E-state index in [1.165, 1.54) is 30.3 Å². The van der Waals surface area contributed by atoms with Gasteiger partial charge in [0.1, 0.15) is 10.9 Å². The lowest BCUT2D eigenvalue weighted by molar-refractivity contribution is -0.138. The standard InChI is InChI=1S/C12H7ClF3NO/c13-10-6-3-7-11(17-10)18-9-5-2-1-4-8(9)12(14,15)16/h1-7H. The summed E-state index contributed by atoms with van der Waals surface area (Å²) in [4.78, 5) is 3.77. The average molecular weight is 274 g/mol. The summed E-state index contributed by atoms with van der Waals surface area (Å²) in [6.07, 6.45) is -4.48. The van der Waals surface area contributed by atoms with E-state index in [1.54, 1.807) is 6.07 Å². The van der Waals surface area contributed by atoms with Crippen molar-refractivity contribution in [1.82, 2.24) is 4.98 Å². The Morgan fingerprint density at radius 3 is 2.39 bits per heavy atom. The lowest BCUT2D eigenvalue weighted by atomic mass is 10.2. The third-order valence-electron chi connectivity index (χ3n) is 2.10. The first kappa shape index (κ1) is 12.7. The highest BCUT2D eigenvalue weighted by molar-refractivity contribution is 6.29. The number of hydrogen-bond donors (Lipinski definition) is 0. The highest BCUT2D eigenvalue weighted by Crippen LogP contribution is 2.37. The van der Waals surface area contributed by atoms with Crippen molar-refractivity contribution in [1.29, 1.82) is 0 Å². The second-order valence-electron chi connectivity index (χ2n) is 3.39. The molecule has 1 aromatic heterocycles. The molecule has 0 fully saturated rings. The van der Waals surface area contributed by atoms with E-state index in [9.17, 15) is 13.2 Å². The van der Waals surface area contributed by atoms with Crippen LogP contribution in [-0.2, 0) is 6.18 Å². The summed E-state index contributed by atoms with van der Waals surface area (Å²) < 4.78 is 43.2. The van der Waals surface area contributed by atoms with Crippen LogP contribution in [-0.4, -0.2) is 4.98 Å². The maximum atomic E-state index is 12.7. The molecule has 0 spiro atoms. The van der Waals surface area contributed by atoms with Crippen molar-refractivity contribution in [2.24, 2.45) is 0 Å². The van der Waals surface area contributed by atoms with Crippen LogP contribution in [0.2, 0.25) is 5.15 Å². The number of benzene rings is 1. The van der Waals surface area contributed by atoms with E-state index in [0.29, 0.717) is 0 Å². The van der Waals surface area contributed by atoms with E-state index in [4.69, 9.17) is 16.3 Å². The zero-order valence-electron chi connectivity index (χ0n) is 8.91.